The molecular weight excluding hydrogens is 246 g/mol. The summed E-state index contributed by atoms with van der Waals surface area (Å²) in [4.78, 5) is 21.4. The SMILES string of the molecule is O=C(O)CS(=O)(=O)c1ccc2c(c1)CC(=O)N2. The number of carboxylic acid groups (broad SMARTS) is 1. The van der Waals surface area contributed by atoms with E-state index in [4.69, 9.17) is 5.11 Å². The van der Waals surface area contributed by atoms with Crippen molar-refractivity contribution in [2.75, 3.05) is 11.1 Å². The van der Waals surface area contributed by atoms with Crippen molar-refractivity contribution in [2.24, 2.45) is 0 Å². The van der Waals surface area contributed by atoms with Crippen LogP contribution >= 0.6 is 0 Å². The van der Waals surface area contributed by atoms with Crippen LogP contribution in [0, 0.1) is 0 Å². The molecule has 0 atom stereocenters. The van der Waals surface area contributed by atoms with Crippen molar-refractivity contribution in [1.82, 2.24) is 0 Å². The zero-order valence-corrected chi connectivity index (χ0v) is 9.45. The van der Waals surface area contributed by atoms with Crippen LogP contribution < -0.4 is 5.32 Å². The standard InChI is InChI=1S/C10H9NO5S/c12-9-4-6-3-7(1-2-8(6)11-9)17(15,16)5-10(13)14/h1-3H,4-5H2,(H,11,12)(H,13,14). The summed E-state index contributed by atoms with van der Waals surface area (Å²) in [5.74, 6) is -2.56. The smallest absolute Gasteiger partial charge is 0.319 e. The Bertz CT molecular complexity index is 605. The number of rotatable bonds is 3. The van der Waals surface area contributed by atoms with Gasteiger partial charge in [-0.2, -0.15) is 0 Å². The van der Waals surface area contributed by atoms with Gasteiger partial charge >= 0.3 is 5.97 Å². The van der Waals surface area contributed by atoms with Crippen molar-refractivity contribution in [3.63, 3.8) is 0 Å². The van der Waals surface area contributed by atoms with E-state index in [2.05, 4.69) is 5.32 Å². The van der Waals surface area contributed by atoms with E-state index in [1.165, 1.54) is 18.2 Å². The monoisotopic (exact) mass is 255 g/mol. The Morgan fingerprint density at radius 1 is 1.41 bits per heavy atom. The Morgan fingerprint density at radius 3 is 2.76 bits per heavy atom. The average Bonchev–Trinajstić information content (AvgIpc) is 2.54. The molecule has 0 saturated carbocycles. The van der Waals surface area contributed by atoms with E-state index < -0.39 is 21.6 Å². The number of amides is 1. The lowest BCUT2D eigenvalue weighted by Gasteiger charge is -2.04. The molecule has 1 aromatic carbocycles. The number of anilines is 1. The van der Waals surface area contributed by atoms with Crippen LogP contribution in [0.2, 0.25) is 0 Å². The van der Waals surface area contributed by atoms with Gasteiger partial charge in [-0.3, -0.25) is 9.59 Å². The molecule has 90 valence electrons. The minimum Gasteiger partial charge on any atom is -0.480 e. The van der Waals surface area contributed by atoms with Gasteiger partial charge in [-0.05, 0) is 23.8 Å². The fraction of sp³-hybridized carbons (Fsp3) is 0.200. The Morgan fingerprint density at radius 2 is 2.12 bits per heavy atom. The summed E-state index contributed by atoms with van der Waals surface area (Å²) in [5.41, 5.74) is 1.14. The van der Waals surface area contributed by atoms with Crippen molar-refractivity contribution >= 4 is 27.4 Å². The van der Waals surface area contributed by atoms with Crippen molar-refractivity contribution in [3.05, 3.63) is 23.8 Å². The van der Waals surface area contributed by atoms with Gasteiger partial charge in [-0.25, -0.2) is 8.42 Å². The van der Waals surface area contributed by atoms with E-state index in [9.17, 15) is 18.0 Å². The number of carbonyl (C=O) groups is 2. The fourth-order valence-corrected chi connectivity index (χ4v) is 2.73. The van der Waals surface area contributed by atoms with E-state index >= 15 is 0 Å². The third-order valence-electron chi connectivity index (χ3n) is 2.37. The summed E-state index contributed by atoms with van der Waals surface area (Å²) in [6.45, 7) is 0. The average molecular weight is 255 g/mol. The highest BCUT2D eigenvalue weighted by Crippen LogP contribution is 2.26. The number of nitrogens with one attached hydrogen (secondary N) is 1. The lowest BCUT2D eigenvalue weighted by atomic mass is 10.2. The van der Waals surface area contributed by atoms with E-state index in [0.717, 1.165) is 0 Å². The molecular formula is C10H9NO5S. The van der Waals surface area contributed by atoms with Crippen LogP contribution in [0.5, 0.6) is 0 Å². The second-order valence-corrected chi connectivity index (χ2v) is 5.69. The predicted molar refractivity (Wildman–Crippen MR) is 58.5 cm³/mol. The molecule has 1 aliphatic heterocycles. The van der Waals surface area contributed by atoms with Gasteiger partial charge in [-0.15, -0.1) is 0 Å². The van der Waals surface area contributed by atoms with Crippen LogP contribution in [0.4, 0.5) is 5.69 Å². The van der Waals surface area contributed by atoms with Crippen LogP contribution in [0.3, 0.4) is 0 Å². The first-order chi connectivity index (χ1) is 7.88. The third kappa shape index (κ3) is 2.28. The number of hydrogen-bond donors (Lipinski definition) is 2. The van der Waals surface area contributed by atoms with Gasteiger partial charge in [0.15, 0.2) is 15.6 Å². The van der Waals surface area contributed by atoms with Crippen molar-refractivity contribution < 1.29 is 23.1 Å². The second kappa shape index (κ2) is 3.85. The Kier molecular flexibility index (Phi) is 2.62. The quantitative estimate of drug-likeness (QED) is 0.794. The van der Waals surface area contributed by atoms with Crippen molar-refractivity contribution in [3.8, 4) is 0 Å². The van der Waals surface area contributed by atoms with Gasteiger partial charge in [0.25, 0.3) is 0 Å². The molecule has 7 heteroatoms. The molecule has 0 spiro atoms. The zero-order valence-electron chi connectivity index (χ0n) is 8.63. The van der Waals surface area contributed by atoms with Gasteiger partial charge in [0.05, 0.1) is 11.3 Å². The van der Waals surface area contributed by atoms with Crippen LogP contribution in [-0.2, 0) is 25.8 Å². The number of fused-ring (bicyclic) bond motifs is 1. The molecule has 0 unspecified atom stereocenters. The van der Waals surface area contributed by atoms with Crippen LogP contribution in [-0.4, -0.2) is 31.2 Å². The Labute approximate surface area is 97.2 Å². The second-order valence-electron chi connectivity index (χ2n) is 3.70. The summed E-state index contributed by atoms with van der Waals surface area (Å²) in [7, 11) is -3.84. The summed E-state index contributed by atoms with van der Waals surface area (Å²) < 4.78 is 23.3. The molecule has 0 aliphatic carbocycles. The largest absolute Gasteiger partial charge is 0.480 e. The molecule has 1 aromatic rings. The first-order valence-electron chi connectivity index (χ1n) is 4.76. The van der Waals surface area contributed by atoms with Gasteiger partial charge in [0.1, 0.15) is 0 Å². The summed E-state index contributed by atoms with van der Waals surface area (Å²) in [6, 6.07) is 4.10. The van der Waals surface area contributed by atoms with Crippen molar-refractivity contribution in [1.29, 1.82) is 0 Å². The van der Waals surface area contributed by atoms with E-state index in [0.29, 0.717) is 11.3 Å². The number of carbonyl (C=O) groups excluding carboxylic acids is 1. The van der Waals surface area contributed by atoms with Gasteiger partial charge < -0.3 is 10.4 Å². The normalized spacial score (nSPS) is 14.2. The van der Waals surface area contributed by atoms with Crippen molar-refractivity contribution in [2.45, 2.75) is 11.3 Å². The third-order valence-corrected chi connectivity index (χ3v) is 3.97. The van der Waals surface area contributed by atoms with E-state index in [1.807, 2.05) is 0 Å². The molecule has 2 rings (SSSR count). The topological polar surface area (TPSA) is 101 Å². The van der Waals surface area contributed by atoms with Crippen LogP contribution in [0.25, 0.3) is 0 Å². The van der Waals surface area contributed by atoms with Gasteiger partial charge in [-0.1, -0.05) is 0 Å². The highest BCUT2D eigenvalue weighted by molar-refractivity contribution is 7.92. The first-order valence-corrected chi connectivity index (χ1v) is 6.41. The maximum absolute atomic E-state index is 11.6. The van der Waals surface area contributed by atoms with Crippen LogP contribution in [0.1, 0.15) is 5.56 Å². The number of benzene rings is 1. The molecule has 1 heterocycles. The highest BCUT2D eigenvalue weighted by atomic mass is 32.2. The molecule has 0 aromatic heterocycles. The predicted octanol–water partition coefficient (Wildman–Crippen LogP) is 0.0395. The lowest BCUT2D eigenvalue weighted by molar-refractivity contribution is -0.134. The van der Waals surface area contributed by atoms with E-state index in [1.54, 1.807) is 0 Å². The van der Waals surface area contributed by atoms with E-state index in [-0.39, 0.29) is 17.2 Å². The first kappa shape index (κ1) is 11.6. The minimum absolute atomic E-state index is 0.0739. The molecule has 0 radical (unpaired) electrons. The summed E-state index contributed by atoms with van der Waals surface area (Å²) >= 11 is 0. The van der Waals surface area contributed by atoms with Gasteiger partial charge in [0.2, 0.25) is 5.91 Å². The molecule has 1 amide bonds. The lowest BCUT2D eigenvalue weighted by Crippen LogP contribution is -2.15. The molecule has 2 N–H and O–H groups in total. The Hall–Kier alpha value is -1.89. The minimum atomic E-state index is -3.84. The fourth-order valence-electron chi connectivity index (χ4n) is 1.65. The number of hydrogen-bond acceptors (Lipinski definition) is 4. The summed E-state index contributed by atoms with van der Waals surface area (Å²) in [5, 5.41) is 11.1. The molecule has 17 heavy (non-hydrogen) atoms. The molecule has 0 bridgehead atoms. The maximum Gasteiger partial charge on any atom is 0.319 e. The molecule has 6 nitrogen and oxygen atoms in total. The summed E-state index contributed by atoms with van der Waals surface area (Å²) in [6.07, 6.45) is 0.117. The molecule has 0 saturated heterocycles. The Balaban J connectivity index is 2.39. The number of aliphatic carboxylic acids is 1. The number of carboxylic acids is 1. The number of sulfone groups is 1. The highest BCUT2D eigenvalue weighted by Gasteiger charge is 2.23. The molecule has 0 fully saturated rings. The zero-order chi connectivity index (χ0) is 12.6. The van der Waals surface area contributed by atoms with Gasteiger partial charge in [0, 0.05) is 5.69 Å². The molecule has 1 aliphatic rings. The van der Waals surface area contributed by atoms with Crippen LogP contribution in [0.15, 0.2) is 23.1 Å². The maximum atomic E-state index is 11.6.